The van der Waals surface area contributed by atoms with E-state index in [0.717, 1.165) is 47.8 Å². The van der Waals surface area contributed by atoms with Gasteiger partial charge >= 0.3 is 0 Å². The van der Waals surface area contributed by atoms with Crippen LogP contribution in [-0.2, 0) is 16.3 Å². The molecule has 33 heavy (non-hydrogen) atoms. The third kappa shape index (κ3) is 5.44. The first kappa shape index (κ1) is 23.4. The third-order valence-corrected chi connectivity index (χ3v) is 8.20. The number of primary amides is 1. The van der Waals surface area contributed by atoms with E-state index >= 15 is 0 Å². The minimum absolute atomic E-state index is 0.0808. The Balaban J connectivity index is 1.59. The number of hydrogen-bond donors (Lipinski definition) is 2. The van der Waals surface area contributed by atoms with Crippen LogP contribution in [0, 0.1) is 5.92 Å². The van der Waals surface area contributed by atoms with E-state index in [9.17, 15) is 4.79 Å². The van der Waals surface area contributed by atoms with Crippen molar-refractivity contribution in [1.82, 2.24) is 24.3 Å². The van der Waals surface area contributed by atoms with Gasteiger partial charge in [-0.3, -0.25) is 9.48 Å². The molecule has 1 saturated carbocycles. The molecular weight excluding hydrogens is 434 g/mol. The summed E-state index contributed by atoms with van der Waals surface area (Å²) in [6, 6.07) is 3.03. The van der Waals surface area contributed by atoms with Crippen LogP contribution in [0.4, 0.5) is 5.82 Å². The predicted molar refractivity (Wildman–Crippen MR) is 132 cm³/mol. The first-order valence-electron chi connectivity index (χ1n) is 11.7. The Morgan fingerprint density at radius 3 is 2.73 bits per heavy atom. The van der Waals surface area contributed by atoms with E-state index in [1.165, 1.54) is 12.8 Å². The molecule has 0 saturated heterocycles. The molecule has 0 spiro atoms. The quantitative estimate of drug-likeness (QED) is 0.343. The lowest BCUT2D eigenvalue weighted by atomic mass is 9.95. The molecule has 0 aromatic carbocycles. The van der Waals surface area contributed by atoms with Gasteiger partial charge in [0.1, 0.15) is 18.7 Å². The fourth-order valence-corrected chi connectivity index (χ4v) is 5.40. The minimum Gasteiger partial charge on any atom is -0.382 e. The second kappa shape index (κ2) is 9.64. The van der Waals surface area contributed by atoms with Crippen molar-refractivity contribution in [2.24, 2.45) is 11.7 Å². The maximum Gasteiger partial charge on any atom is 0.219 e. The molecule has 0 radical (unpaired) electrons. The fourth-order valence-electron chi connectivity index (χ4n) is 4.65. The monoisotopic (exact) mass is 469 g/mol. The van der Waals surface area contributed by atoms with Gasteiger partial charge in [0, 0.05) is 38.9 Å². The molecule has 9 nitrogen and oxygen atoms in total. The second-order valence-electron chi connectivity index (χ2n) is 10.3. The Bertz CT molecular complexity index is 1110. The molecule has 0 unspecified atom stereocenters. The lowest BCUT2D eigenvalue weighted by Crippen LogP contribution is -2.25. The zero-order chi connectivity index (χ0) is 23.6. The molecule has 1 amide bonds. The number of rotatable bonds is 10. The Hall–Kier alpha value is -2.72. The van der Waals surface area contributed by atoms with Gasteiger partial charge in [0.25, 0.3) is 0 Å². The van der Waals surface area contributed by atoms with Gasteiger partial charge in [0.05, 0.1) is 17.3 Å². The van der Waals surface area contributed by atoms with E-state index in [0.29, 0.717) is 18.5 Å². The van der Waals surface area contributed by atoms with Gasteiger partial charge in [0.2, 0.25) is 5.91 Å². The van der Waals surface area contributed by atoms with Crippen LogP contribution in [0.3, 0.4) is 0 Å². The summed E-state index contributed by atoms with van der Waals surface area (Å²) >= 11 is 0. The highest BCUT2D eigenvalue weighted by Crippen LogP contribution is 2.38. The average Bonchev–Trinajstić information content (AvgIpc) is 3.49. The minimum atomic E-state index is -1.13. The highest BCUT2D eigenvalue weighted by Gasteiger charge is 2.29. The van der Waals surface area contributed by atoms with E-state index in [-0.39, 0.29) is 18.4 Å². The number of aromatic nitrogens is 5. The standard InChI is InChI=1S/C23H35N7O2Si/c1-33(2,3)11-10-32-15-29-9-8-17-21(26-14-27-23(17)29)18-13-30(28-22(18)25)19(12-20(24)31)16-6-4-5-7-16/h8-9,13-14,16,19H,4-7,10-12,15H2,1-3H3,(H2,24,31)(H2,25,28)/t19-/m1/s1. The fraction of sp³-hybridized carbons (Fsp3) is 0.565. The molecule has 4 N–H and O–H groups in total. The predicted octanol–water partition coefficient (Wildman–Crippen LogP) is 3.80. The molecule has 1 fully saturated rings. The molecule has 10 heteroatoms. The van der Waals surface area contributed by atoms with E-state index < -0.39 is 8.07 Å². The average molecular weight is 470 g/mol. The Morgan fingerprint density at radius 2 is 2.03 bits per heavy atom. The molecule has 0 aliphatic heterocycles. The number of nitrogens with zero attached hydrogens (tertiary/aromatic N) is 5. The summed E-state index contributed by atoms with van der Waals surface area (Å²) in [4.78, 5) is 20.8. The van der Waals surface area contributed by atoms with E-state index in [1.807, 2.05) is 27.7 Å². The second-order valence-corrected chi connectivity index (χ2v) is 15.9. The first-order valence-corrected chi connectivity index (χ1v) is 15.4. The summed E-state index contributed by atoms with van der Waals surface area (Å²) in [6.45, 7) is 8.21. The van der Waals surface area contributed by atoms with Gasteiger partial charge < -0.3 is 20.8 Å². The third-order valence-electron chi connectivity index (χ3n) is 6.49. The molecule has 3 aromatic rings. The van der Waals surface area contributed by atoms with Crippen LogP contribution in [0.1, 0.15) is 38.1 Å². The maximum atomic E-state index is 11.8. The molecular formula is C23H35N7O2Si. The molecule has 0 bridgehead atoms. The zero-order valence-electron chi connectivity index (χ0n) is 19.8. The number of hydrogen-bond acceptors (Lipinski definition) is 6. The van der Waals surface area contributed by atoms with Crippen molar-refractivity contribution in [3.05, 3.63) is 24.8 Å². The Morgan fingerprint density at radius 1 is 1.27 bits per heavy atom. The normalized spacial score (nSPS) is 16.0. The first-order chi connectivity index (χ1) is 15.7. The van der Waals surface area contributed by atoms with Crippen molar-refractivity contribution in [3.8, 4) is 11.3 Å². The van der Waals surface area contributed by atoms with Crippen LogP contribution >= 0.6 is 0 Å². The van der Waals surface area contributed by atoms with Crippen LogP contribution in [-0.4, -0.2) is 44.9 Å². The number of anilines is 1. The topological polar surface area (TPSA) is 127 Å². The van der Waals surface area contributed by atoms with E-state index in [4.69, 9.17) is 16.2 Å². The van der Waals surface area contributed by atoms with Gasteiger partial charge in [-0.1, -0.05) is 32.5 Å². The molecule has 4 rings (SSSR count). The lowest BCUT2D eigenvalue weighted by Gasteiger charge is -2.22. The summed E-state index contributed by atoms with van der Waals surface area (Å²) in [7, 11) is -1.13. The molecule has 3 aromatic heterocycles. The number of carbonyl (C=O) groups excluding carboxylic acids is 1. The number of fused-ring (bicyclic) bond motifs is 1. The SMILES string of the molecule is C[Si](C)(C)CCOCn1ccc2c(-c3cn([C@H](CC(N)=O)C4CCCC4)nc3N)ncnc21. The number of amides is 1. The summed E-state index contributed by atoms with van der Waals surface area (Å²) in [5, 5.41) is 5.47. The van der Waals surface area contributed by atoms with Crippen molar-refractivity contribution in [2.45, 2.75) is 70.6 Å². The highest BCUT2D eigenvalue weighted by atomic mass is 28.3. The van der Waals surface area contributed by atoms with Crippen LogP contribution in [0.2, 0.25) is 25.7 Å². The summed E-state index contributed by atoms with van der Waals surface area (Å²) in [5.74, 6) is 0.448. The largest absolute Gasteiger partial charge is 0.382 e. The van der Waals surface area contributed by atoms with Gasteiger partial charge in [-0.05, 0) is 30.9 Å². The summed E-state index contributed by atoms with van der Waals surface area (Å²) in [5.41, 5.74) is 14.2. The van der Waals surface area contributed by atoms with Crippen molar-refractivity contribution in [3.63, 3.8) is 0 Å². The maximum absolute atomic E-state index is 11.8. The summed E-state index contributed by atoms with van der Waals surface area (Å²) < 4.78 is 9.73. The van der Waals surface area contributed by atoms with Gasteiger partial charge in [-0.25, -0.2) is 9.97 Å². The van der Waals surface area contributed by atoms with Crippen LogP contribution in [0.5, 0.6) is 0 Å². The van der Waals surface area contributed by atoms with Gasteiger partial charge in [-0.2, -0.15) is 5.10 Å². The van der Waals surface area contributed by atoms with Gasteiger partial charge in [0.15, 0.2) is 5.82 Å². The number of nitrogens with two attached hydrogens (primary N) is 2. The van der Waals surface area contributed by atoms with E-state index in [2.05, 4.69) is 34.7 Å². The van der Waals surface area contributed by atoms with Crippen molar-refractivity contribution in [2.75, 3.05) is 12.3 Å². The smallest absolute Gasteiger partial charge is 0.219 e. The number of carbonyl (C=O) groups is 1. The van der Waals surface area contributed by atoms with Crippen LogP contribution in [0.25, 0.3) is 22.3 Å². The molecule has 178 valence electrons. The molecule has 1 aliphatic rings. The lowest BCUT2D eigenvalue weighted by molar-refractivity contribution is -0.119. The molecule has 1 aliphatic carbocycles. The van der Waals surface area contributed by atoms with Crippen molar-refractivity contribution in [1.29, 1.82) is 0 Å². The molecule has 3 heterocycles. The van der Waals surface area contributed by atoms with E-state index in [1.54, 1.807) is 6.33 Å². The van der Waals surface area contributed by atoms with Crippen LogP contribution < -0.4 is 11.5 Å². The number of ether oxygens (including phenoxy) is 1. The summed E-state index contributed by atoms with van der Waals surface area (Å²) in [6.07, 6.45) is 10.2. The van der Waals surface area contributed by atoms with Crippen LogP contribution in [0.15, 0.2) is 24.8 Å². The Labute approximate surface area is 195 Å². The number of nitrogen functional groups attached to an aromatic ring is 1. The zero-order valence-corrected chi connectivity index (χ0v) is 20.8. The highest BCUT2D eigenvalue weighted by molar-refractivity contribution is 6.76. The van der Waals surface area contributed by atoms with Gasteiger partial charge in [-0.15, -0.1) is 0 Å². The van der Waals surface area contributed by atoms with Crippen molar-refractivity contribution >= 4 is 30.8 Å². The molecule has 1 atom stereocenters. The Kier molecular flexibility index (Phi) is 6.85. The van der Waals surface area contributed by atoms with Crippen molar-refractivity contribution < 1.29 is 9.53 Å².